The summed E-state index contributed by atoms with van der Waals surface area (Å²) in [5, 5.41) is 4.12. The van der Waals surface area contributed by atoms with Crippen LogP contribution in [-0.4, -0.2) is 50.8 Å². The van der Waals surface area contributed by atoms with Crippen molar-refractivity contribution in [2.45, 2.75) is 52.1 Å². The molecule has 0 saturated carbocycles. The van der Waals surface area contributed by atoms with E-state index in [0.29, 0.717) is 12.4 Å². The molecule has 8 heteroatoms. The van der Waals surface area contributed by atoms with Crippen LogP contribution in [0.2, 0.25) is 0 Å². The third-order valence-electron chi connectivity index (χ3n) is 7.19. The molecule has 0 radical (unpaired) electrons. The van der Waals surface area contributed by atoms with Gasteiger partial charge in [-0.1, -0.05) is 32.0 Å². The quantitative estimate of drug-likeness (QED) is 0.498. The lowest BCUT2D eigenvalue weighted by Gasteiger charge is -2.39. The summed E-state index contributed by atoms with van der Waals surface area (Å²) in [6.07, 6.45) is 3.65. The van der Waals surface area contributed by atoms with Crippen molar-refractivity contribution >= 4 is 22.7 Å². The van der Waals surface area contributed by atoms with E-state index in [2.05, 4.69) is 16.4 Å². The van der Waals surface area contributed by atoms with Gasteiger partial charge in [-0.25, -0.2) is 9.97 Å². The molecule has 8 nitrogen and oxygen atoms in total. The van der Waals surface area contributed by atoms with Crippen molar-refractivity contribution in [3.8, 4) is 11.3 Å². The lowest BCUT2D eigenvalue weighted by atomic mass is 9.76. The number of aromatic amines is 1. The highest BCUT2D eigenvalue weighted by atomic mass is 16.2. The molecule has 2 amide bonds. The van der Waals surface area contributed by atoms with Gasteiger partial charge in [-0.3, -0.25) is 9.59 Å². The topological polar surface area (TPSA) is 117 Å². The molecule has 0 aliphatic carbocycles. The number of amides is 2. The molecule has 0 spiro atoms. The number of likely N-dealkylation sites (N-methyl/N-ethyl adjacent to an activating group) is 1. The van der Waals surface area contributed by atoms with Crippen LogP contribution in [0.25, 0.3) is 22.2 Å². The van der Waals surface area contributed by atoms with Crippen LogP contribution in [0.15, 0.2) is 36.5 Å². The number of carbonyl (C=O) groups excluding carboxylic acids is 2. The summed E-state index contributed by atoms with van der Waals surface area (Å²) in [6.45, 7) is 8.13. The molecular weight excluding hydrogens is 428 g/mol. The maximum absolute atomic E-state index is 13.9. The maximum atomic E-state index is 13.9. The van der Waals surface area contributed by atoms with Gasteiger partial charge in [0, 0.05) is 29.2 Å². The Kier molecular flexibility index (Phi) is 6.45. The number of nitrogens with zero attached hydrogens (tertiary/aromatic N) is 3. The van der Waals surface area contributed by atoms with E-state index in [4.69, 9.17) is 15.7 Å². The number of carbonyl (C=O) groups is 2. The van der Waals surface area contributed by atoms with Gasteiger partial charge in [0.1, 0.15) is 11.4 Å². The van der Waals surface area contributed by atoms with E-state index in [1.165, 1.54) is 0 Å². The van der Waals surface area contributed by atoms with Gasteiger partial charge in [0.25, 0.3) is 0 Å². The molecule has 1 aliphatic rings. The third-order valence-corrected chi connectivity index (χ3v) is 7.19. The molecule has 1 aromatic carbocycles. The lowest BCUT2D eigenvalue weighted by molar-refractivity contribution is -0.145. The van der Waals surface area contributed by atoms with Crippen LogP contribution < -0.4 is 11.1 Å². The first-order chi connectivity index (χ1) is 16.2. The van der Waals surface area contributed by atoms with E-state index in [0.717, 1.165) is 40.7 Å². The lowest BCUT2D eigenvalue weighted by Crippen LogP contribution is -2.62. The van der Waals surface area contributed by atoms with E-state index < -0.39 is 17.4 Å². The zero-order valence-corrected chi connectivity index (χ0v) is 20.6. The molecule has 0 bridgehead atoms. The van der Waals surface area contributed by atoms with E-state index in [9.17, 15) is 9.59 Å². The fourth-order valence-electron chi connectivity index (χ4n) is 5.33. The SMILES string of the molecule is CNC(C)(C(N)=O)[C@@H](C(=O)N1CCC[C@H]1c1cc(-c2c[nH]c3ccccc23)nc(C)n1)C(C)C. The van der Waals surface area contributed by atoms with Crippen LogP contribution in [0.3, 0.4) is 0 Å². The molecule has 1 saturated heterocycles. The van der Waals surface area contributed by atoms with Gasteiger partial charge in [-0.15, -0.1) is 0 Å². The van der Waals surface area contributed by atoms with Crippen molar-refractivity contribution in [2.75, 3.05) is 13.6 Å². The smallest absolute Gasteiger partial charge is 0.238 e. The molecule has 1 fully saturated rings. The number of aromatic nitrogens is 3. The van der Waals surface area contributed by atoms with Gasteiger partial charge in [0.15, 0.2) is 0 Å². The van der Waals surface area contributed by atoms with Crippen LogP contribution in [0.1, 0.15) is 51.2 Å². The fourth-order valence-corrected chi connectivity index (χ4v) is 5.33. The third kappa shape index (κ3) is 4.07. The minimum atomic E-state index is -1.14. The number of hydrogen-bond acceptors (Lipinski definition) is 5. The van der Waals surface area contributed by atoms with Crippen molar-refractivity contribution in [3.05, 3.63) is 48.0 Å². The maximum Gasteiger partial charge on any atom is 0.238 e. The van der Waals surface area contributed by atoms with E-state index in [1.54, 1.807) is 14.0 Å². The Hall–Kier alpha value is -3.26. The van der Waals surface area contributed by atoms with Gasteiger partial charge in [-0.05, 0) is 51.8 Å². The number of aryl methyl sites for hydroxylation is 1. The van der Waals surface area contributed by atoms with Crippen molar-refractivity contribution in [2.24, 2.45) is 17.6 Å². The average molecular weight is 463 g/mol. The molecule has 4 rings (SSSR count). The van der Waals surface area contributed by atoms with Crippen LogP contribution in [0.4, 0.5) is 0 Å². The predicted octanol–water partition coefficient (Wildman–Crippen LogP) is 3.33. The fraction of sp³-hybridized carbons (Fsp3) is 0.462. The second-order valence-corrected chi connectivity index (χ2v) is 9.70. The highest BCUT2D eigenvalue weighted by Crippen LogP contribution is 2.37. The number of rotatable bonds is 7. The summed E-state index contributed by atoms with van der Waals surface area (Å²) in [5.41, 5.74) is 8.31. The number of likely N-dealkylation sites (tertiary alicyclic amines) is 1. The van der Waals surface area contributed by atoms with Gasteiger partial charge in [0.05, 0.1) is 23.3 Å². The highest BCUT2D eigenvalue weighted by molar-refractivity contribution is 5.95. The van der Waals surface area contributed by atoms with Crippen LogP contribution >= 0.6 is 0 Å². The molecule has 34 heavy (non-hydrogen) atoms. The second-order valence-electron chi connectivity index (χ2n) is 9.70. The van der Waals surface area contributed by atoms with Crippen molar-refractivity contribution in [1.29, 1.82) is 0 Å². The Balaban J connectivity index is 1.72. The Morgan fingerprint density at radius 3 is 2.68 bits per heavy atom. The Bertz CT molecular complexity index is 1220. The first kappa shape index (κ1) is 23.9. The number of nitrogens with two attached hydrogens (primary N) is 1. The average Bonchev–Trinajstić information content (AvgIpc) is 3.45. The first-order valence-electron chi connectivity index (χ1n) is 11.9. The van der Waals surface area contributed by atoms with Crippen LogP contribution in [0, 0.1) is 18.8 Å². The Morgan fingerprint density at radius 2 is 2.00 bits per heavy atom. The monoisotopic (exact) mass is 462 g/mol. The summed E-state index contributed by atoms with van der Waals surface area (Å²) < 4.78 is 0. The Labute approximate surface area is 200 Å². The number of benzene rings is 1. The van der Waals surface area contributed by atoms with Gasteiger partial charge < -0.3 is 20.9 Å². The number of primary amides is 1. The summed E-state index contributed by atoms with van der Waals surface area (Å²) in [6, 6.07) is 9.93. The molecule has 1 aliphatic heterocycles. The summed E-state index contributed by atoms with van der Waals surface area (Å²) in [4.78, 5) is 40.9. The van der Waals surface area contributed by atoms with Crippen molar-refractivity contribution in [1.82, 2.24) is 25.2 Å². The molecule has 3 aromatic rings. The van der Waals surface area contributed by atoms with Gasteiger partial charge in [0.2, 0.25) is 11.8 Å². The number of hydrogen-bond donors (Lipinski definition) is 3. The normalized spacial score (nSPS) is 18.9. The molecule has 180 valence electrons. The standard InChI is InChI=1S/C26H34N6O2/c1-15(2)23(26(4,28-5)25(27)34)24(33)32-12-8-11-22(32)21-13-20(30-16(3)31-21)18-14-29-19-10-7-6-9-17(18)19/h6-7,9-10,13-15,22-23,28-29H,8,11-12H2,1-5H3,(H2,27,34)/t22-,23+,26?/m0/s1. The molecule has 2 aromatic heterocycles. The van der Waals surface area contributed by atoms with Crippen molar-refractivity contribution in [3.63, 3.8) is 0 Å². The Morgan fingerprint density at radius 1 is 1.26 bits per heavy atom. The van der Waals surface area contributed by atoms with Crippen LogP contribution in [0.5, 0.6) is 0 Å². The molecular formula is C26H34N6O2. The number of nitrogens with one attached hydrogen (secondary N) is 2. The largest absolute Gasteiger partial charge is 0.368 e. The summed E-state index contributed by atoms with van der Waals surface area (Å²) in [7, 11) is 1.68. The predicted molar refractivity (Wildman–Crippen MR) is 133 cm³/mol. The zero-order chi connectivity index (χ0) is 24.6. The molecule has 4 N–H and O–H groups in total. The first-order valence-corrected chi connectivity index (χ1v) is 11.9. The number of fused-ring (bicyclic) bond motifs is 1. The molecule has 1 unspecified atom stereocenters. The summed E-state index contributed by atoms with van der Waals surface area (Å²) >= 11 is 0. The minimum Gasteiger partial charge on any atom is -0.368 e. The van der Waals surface area contributed by atoms with Gasteiger partial charge in [-0.2, -0.15) is 0 Å². The van der Waals surface area contributed by atoms with E-state index in [1.807, 2.05) is 56.1 Å². The van der Waals surface area contributed by atoms with E-state index >= 15 is 0 Å². The zero-order valence-electron chi connectivity index (χ0n) is 20.6. The number of para-hydroxylation sites is 1. The highest BCUT2D eigenvalue weighted by Gasteiger charge is 2.48. The molecule has 3 atom stereocenters. The number of H-pyrrole nitrogens is 1. The second kappa shape index (κ2) is 9.18. The van der Waals surface area contributed by atoms with Crippen molar-refractivity contribution < 1.29 is 9.59 Å². The van der Waals surface area contributed by atoms with Gasteiger partial charge >= 0.3 is 0 Å². The summed E-state index contributed by atoms with van der Waals surface area (Å²) in [5.74, 6) is -0.607. The van der Waals surface area contributed by atoms with E-state index in [-0.39, 0.29) is 17.9 Å². The van der Waals surface area contributed by atoms with Crippen LogP contribution in [-0.2, 0) is 9.59 Å². The minimum absolute atomic E-state index is 0.0712. The molecule has 3 heterocycles.